The van der Waals surface area contributed by atoms with Gasteiger partial charge < -0.3 is 5.73 Å². The Morgan fingerprint density at radius 3 is 2.27 bits per heavy atom. The lowest BCUT2D eigenvalue weighted by molar-refractivity contribution is -0.148. The molecule has 0 rings (SSSR count). The second-order valence-corrected chi connectivity index (χ2v) is 3.25. The van der Waals surface area contributed by atoms with Gasteiger partial charge in [-0.2, -0.15) is 13.2 Å². The van der Waals surface area contributed by atoms with Crippen molar-refractivity contribution in [3.05, 3.63) is 10.4 Å². The minimum Gasteiger partial charge on any atom is -0.330 e. The van der Waals surface area contributed by atoms with Crippen LogP contribution in [0.4, 0.5) is 13.2 Å². The van der Waals surface area contributed by atoms with Crippen molar-refractivity contribution in [2.45, 2.75) is 44.3 Å². The lowest BCUT2D eigenvalue weighted by atomic mass is 10.1. The molecule has 0 aromatic carbocycles. The highest BCUT2D eigenvalue weighted by molar-refractivity contribution is 4.75. The van der Waals surface area contributed by atoms with Crippen molar-refractivity contribution >= 4 is 0 Å². The molecule has 4 nitrogen and oxygen atoms in total. The summed E-state index contributed by atoms with van der Waals surface area (Å²) in [5.41, 5.74) is 13.2. The molecule has 0 aromatic rings. The Morgan fingerprint density at radius 2 is 1.80 bits per heavy atom. The quantitative estimate of drug-likeness (QED) is 0.306. The number of hydrogen-bond donors (Lipinski definition) is 1. The highest BCUT2D eigenvalue weighted by Crippen LogP contribution is 2.27. The molecule has 2 N–H and O–H groups in total. The third-order valence-corrected chi connectivity index (χ3v) is 2.00. The number of rotatable bonds is 7. The standard InChI is InChI=1S/C8H15F3N4/c9-8(10,11)7(14-15-13)5-3-1-2-4-6-12/h7H,1-6,12H2. The number of halogens is 3. The van der Waals surface area contributed by atoms with Crippen LogP contribution in [0.5, 0.6) is 0 Å². The van der Waals surface area contributed by atoms with E-state index >= 15 is 0 Å². The topological polar surface area (TPSA) is 74.8 Å². The van der Waals surface area contributed by atoms with Gasteiger partial charge in [-0.3, -0.25) is 0 Å². The molecule has 0 aliphatic rings. The van der Waals surface area contributed by atoms with Crippen LogP contribution in [-0.4, -0.2) is 18.8 Å². The molecule has 88 valence electrons. The smallest absolute Gasteiger partial charge is 0.330 e. The van der Waals surface area contributed by atoms with Gasteiger partial charge in [-0.1, -0.05) is 24.4 Å². The molecule has 0 aliphatic heterocycles. The number of unbranched alkanes of at least 4 members (excludes halogenated alkanes) is 3. The molecule has 1 unspecified atom stereocenters. The maximum atomic E-state index is 12.2. The Bertz CT molecular complexity index is 210. The maximum absolute atomic E-state index is 12.2. The zero-order valence-corrected chi connectivity index (χ0v) is 8.37. The summed E-state index contributed by atoms with van der Waals surface area (Å²) in [6.45, 7) is 0.555. The van der Waals surface area contributed by atoms with E-state index in [1.807, 2.05) is 0 Å². The third kappa shape index (κ3) is 7.04. The first kappa shape index (κ1) is 14.1. The molecule has 0 spiro atoms. The summed E-state index contributed by atoms with van der Waals surface area (Å²) in [6.07, 6.45) is -1.85. The zero-order chi connectivity index (χ0) is 11.7. The van der Waals surface area contributed by atoms with Crippen LogP contribution in [0.3, 0.4) is 0 Å². The Labute approximate surface area is 86.3 Å². The van der Waals surface area contributed by atoms with Gasteiger partial charge in [0.05, 0.1) is 0 Å². The predicted molar refractivity (Wildman–Crippen MR) is 51.1 cm³/mol. The molecule has 7 heteroatoms. The van der Waals surface area contributed by atoms with Crippen molar-refractivity contribution in [1.29, 1.82) is 0 Å². The summed E-state index contributed by atoms with van der Waals surface area (Å²) in [7, 11) is 0. The average Bonchev–Trinajstić information content (AvgIpc) is 2.14. The molecular weight excluding hydrogens is 209 g/mol. The molecule has 0 bridgehead atoms. The van der Waals surface area contributed by atoms with Gasteiger partial charge in [0.25, 0.3) is 0 Å². The van der Waals surface area contributed by atoms with Gasteiger partial charge in [0.1, 0.15) is 6.04 Å². The predicted octanol–water partition coefficient (Wildman–Crippen LogP) is 3.14. The van der Waals surface area contributed by atoms with Crippen LogP contribution in [-0.2, 0) is 0 Å². The first-order valence-corrected chi connectivity index (χ1v) is 4.83. The third-order valence-electron chi connectivity index (χ3n) is 2.00. The molecule has 15 heavy (non-hydrogen) atoms. The van der Waals surface area contributed by atoms with Gasteiger partial charge in [-0.25, -0.2) is 0 Å². The van der Waals surface area contributed by atoms with E-state index in [0.717, 1.165) is 12.8 Å². The van der Waals surface area contributed by atoms with Crippen molar-refractivity contribution in [1.82, 2.24) is 0 Å². The maximum Gasteiger partial charge on any atom is 0.397 e. The van der Waals surface area contributed by atoms with Crippen molar-refractivity contribution in [2.24, 2.45) is 10.8 Å². The Morgan fingerprint density at radius 1 is 1.20 bits per heavy atom. The SMILES string of the molecule is [N-]=[N+]=NC(CCCCCCN)C(F)(F)F. The van der Waals surface area contributed by atoms with E-state index < -0.39 is 12.2 Å². The molecule has 0 aliphatic carbocycles. The first-order chi connectivity index (χ1) is 7.02. The number of azide groups is 1. The van der Waals surface area contributed by atoms with E-state index in [1.54, 1.807) is 0 Å². The fourth-order valence-corrected chi connectivity index (χ4v) is 1.18. The van der Waals surface area contributed by atoms with Crippen LogP contribution in [0.1, 0.15) is 32.1 Å². The zero-order valence-electron chi connectivity index (χ0n) is 8.37. The van der Waals surface area contributed by atoms with Gasteiger partial charge in [-0.05, 0) is 24.9 Å². The van der Waals surface area contributed by atoms with Crippen LogP contribution in [0.25, 0.3) is 10.4 Å². The largest absolute Gasteiger partial charge is 0.397 e. The van der Waals surface area contributed by atoms with Gasteiger partial charge in [-0.15, -0.1) is 0 Å². The minimum atomic E-state index is -4.43. The summed E-state index contributed by atoms with van der Waals surface area (Å²) in [4.78, 5) is 2.20. The summed E-state index contributed by atoms with van der Waals surface area (Å²) in [5, 5.41) is 2.74. The second-order valence-electron chi connectivity index (χ2n) is 3.25. The highest BCUT2D eigenvalue weighted by Gasteiger charge is 2.38. The van der Waals surface area contributed by atoms with Crippen molar-refractivity contribution in [3.63, 3.8) is 0 Å². The van der Waals surface area contributed by atoms with Crippen LogP contribution in [0.2, 0.25) is 0 Å². The van der Waals surface area contributed by atoms with Crippen molar-refractivity contribution < 1.29 is 13.2 Å². The molecule has 0 saturated heterocycles. The van der Waals surface area contributed by atoms with Gasteiger partial charge in [0, 0.05) is 4.91 Å². The van der Waals surface area contributed by atoms with E-state index in [-0.39, 0.29) is 6.42 Å². The molecule has 1 atom stereocenters. The average molecular weight is 224 g/mol. The molecule has 0 fully saturated rings. The normalized spacial score (nSPS) is 13.3. The Kier molecular flexibility index (Phi) is 6.90. The summed E-state index contributed by atoms with van der Waals surface area (Å²) in [6, 6.07) is -1.89. The van der Waals surface area contributed by atoms with Crippen LogP contribution in [0, 0.1) is 0 Å². The Balaban J connectivity index is 3.83. The number of hydrogen-bond acceptors (Lipinski definition) is 2. The monoisotopic (exact) mass is 224 g/mol. The van der Waals surface area contributed by atoms with E-state index in [1.165, 1.54) is 0 Å². The Hall–Kier alpha value is -0.940. The second kappa shape index (κ2) is 7.36. The lowest BCUT2D eigenvalue weighted by Crippen LogP contribution is -2.26. The molecular formula is C8H15F3N4. The van der Waals surface area contributed by atoms with E-state index in [9.17, 15) is 13.2 Å². The molecule has 0 amide bonds. The fourth-order valence-electron chi connectivity index (χ4n) is 1.18. The number of nitrogens with two attached hydrogens (primary N) is 1. The van der Waals surface area contributed by atoms with E-state index in [4.69, 9.17) is 11.3 Å². The summed E-state index contributed by atoms with van der Waals surface area (Å²) in [5.74, 6) is 0. The molecule has 0 heterocycles. The van der Waals surface area contributed by atoms with E-state index in [0.29, 0.717) is 19.4 Å². The number of alkyl halides is 3. The lowest BCUT2D eigenvalue weighted by Gasteiger charge is -2.14. The van der Waals surface area contributed by atoms with Crippen LogP contribution >= 0.6 is 0 Å². The fraction of sp³-hybridized carbons (Fsp3) is 1.00. The number of nitrogens with zero attached hydrogens (tertiary/aromatic N) is 3. The summed E-state index contributed by atoms with van der Waals surface area (Å²) < 4.78 is 36.6. The first-order valence-electron chi connectivity index (χ1n) is 4.83. The highest BCUT2D eigenvalue weighted by atomic mass is 19.4. The minimum absolute atomic E-state index is 0.141. The summed E-state index contributed by atoms with van der Waals surface area (Å²) >= 11 is 0. The molecule has 0 aromatic heterocycles. The van der Waals surface area contributed by atoms with Crippen LogP contribution < -0.4 is 5.73 Å². The van der Waals surface area contributed by atoms with Crippen molar-refractivity contribution in [3.8, 4) is 0 Å². The van der Waals surface area contributed by atoms with Gasteiger partial charge >= 0.3 is 6.18 Å². The van der Waals surface area contributed by atoms with Gasteiger partial charge in [0.15, 0.2) is 0 Å². The molecule has 0 saturated carbocycles. The van der Waals surface area contributed by atoms with Crippen molar-refractivity contribution in [2.75, 3.05) is 6.54 Å². The van der Waals surface area contributed by atoms with Crippen LogP contribution in [0.15, 0.2) is 5.11 Å². The molecule has 0 radical (unpaired) electrons. The van der Waals surface area contributed by atoms with Gasteiger partial charge in [0.2, 0.25) is 0 Å². The van der Waals surface area contributed by atoms with E-state index in [2.05, 4.69) is 10.0 Å².